The first kappa shape index (κ1) is 24.0. The van der Waals surface area contributed by atoms with E-state index in [2.05, 4.69) is 33.2 Å². The summed E-state index contributed by atoms with van der Waals surface area (Å²) in [6.07, 6.45) is 5.32. The summed E-state index contributed by atoms with van der Waals surface area (Å²) in [5.41, 5.74) is 2.75. The zero-order valence-electron chi connectivity index (χ0n) is 18.5. The molecule has 1 heterocycles. The van der Waals surface area contributed by atoms with Crippen LogP contribution in [-0.2, 0) is 4.79 Å². The van der Waals surface area contributed by atoms with Crippen molar-refractivity contribution in [2.45, 2.75) is 33.6 Å². The van der Waals surface area contributed by atoms with Gasteiger partial charge in [0.25, 0.3) is 0 Å². The van der Waals surface area contributed by atoms with Crippen LogP contribution >= 0.6 is 27.3 Å². The molecule has 0 fully saturated rings. The average Bonchev–Trinajstić information content (AvgIpc) is 3.14. The fourth-order valence-corrected chi connectivity index (χ4v) is 4.09. The molecular weight excluding hydrogens is 488 g/mol. The van der Waals surface area contributed by atoms with Gasteiger partial charge in [-0.2, -0.15) is 0 Å². The van der Waals surface area contributed by atoms with Crippen LogP contribution < -0.4 is 14.8 Å². The quantitative estimate of drug-likeness (QED) is 0.231. The fraction of sp³-hybridized carbons (Fsp3) is 0.280. The third-order valence-electron chi connectivity index (χ3n) is 4.59. The van der Waals surface area contributed by atoms with Crippen molar-refractivity contribution in [3.05, 3.63) is 63.5 Å². The standard InChI is InChI=1S/C25H27BrN2O3S/c1-4-6-15-31-21-13-7-18(16-22(21)30-5-2)8-14-23(29)27-25-28-24(17(3)32-25)19-9-11-20(26)12-10-19/h7-14,16H,4-6,15H2,1-3H3,(H,27,28,29)/b14-8+. The maximum Gasteiger partial charge on any atom is 0.250 e. The summed E-state index contributed by atoms with van der Waals surface area (Å²) in [7, 11) is 0. The van der Waals surface area contributed by atoms with Crippen molar-refractivity contribution in [2.75, 3.05) is 18.5 Å². The number of hydrogen-bond acceptors (Lipinski definition) is 5. The maximum absolute atomic E-state index is 12.4. The summed E-state index contributed by atoms with van der Waals surface area (Å²) in [5, 5.41) is 3.43. The number of aromatic nitrogens is 1. The SMILES string of the molecule is CCCCOc1ccc(/C=C/C(=O)Nc2nc(-c3ccc(Br)cc3)c(C)s2)cc1OCC. The van der Waals surface area contributed by atoms with Crippen LogP contribution in [0, 0.1) is 6.92 Å². The van der Waals surface area contributed by atoms with Crippen LogP contribution in [0.15, 0.2) is 53.0 Å². The van der Waals surface area contributed by atoms with Crippen LogP contribution in [0.3, 0.4) is 0 Å². The number of hydrogen-bond donors (Lipinski definition) is 1. The van der Waals surface area contributed by atoms with E-state index in [1.54, 1.807) is 6.08 Å². The number of thiazole rings is 1. The topological polar surface area (TPSA) is 60.5 Å². The van der Waals surface area contributed by atoms with E-state index >= 15 is 0 Å². The Morgan fingerprint density at radius 3 is 2.62 bits per heavy atom. The molecule has 0 radical (unpaired) electrons. The Kier molecular flexibility index (Phi) is 8.88. The van der Waals surface area contributed by atoms with E-state index in [9.17, 15) is 4.79 Å². The van der Waals surface area contributed by atoms with Crippen molar-refractivity contribution in [3.8, 4) is 22.8 Å². The first-order valence-electron chi connectivity index (χ1n) is 10.6. The molecule has 0 unspecified atom stereocenters. The highest BCUT2D eigenvalue weighted by Crippen LogP contribution is 2.31. The third kappa shape index (κ3) is 6.68. The first-order valence-corrected chi connectivity index (χ1v) is 12.2. The molecule has 5 nitrogen and oxygen atoms in total. The predicted molar refractivity (Wildman–Crippen MR) is 136 cm³/mol. The molecule has 1 amide bonds. The van der Waals surface area contributed by atoms with E-state index in [0.29, 0.717) is 24.1 Å². The summed E-state index contributed by atoms with van der Waals surface area (Å²) in [6, 6.07) is 13.6. The van der Waals surface area contributed by atoms with Crippen LogP contribution in [0.1, 0.15) is 37.1 Å². The number of halogens is 1. The Morgan fingerprint density at radius 2 is 1.91 bits per heavy atom. The van der Waals surface area contributed by atoms with Gasteiger partial charge in [0.15, 0.2) is 16.6 Å². The molecule has 0 saturated carbocycles. The minimum atomic E-state index is -0.234. The van der Waals surface area contributed by atoms with Crippen LogP contribution in [0.4, 0.5) is 5.13 Å². The highest BCUT2D eigenvalue weighted by atomic mass is 79.9. The number of nitrogens with one attached hydrogen (secondary N) is 1. The molecule has 168 valence electrons. The third-order valence-corrected chi connectivity index (χ3v) is 6.01. The van der Waals surface area contributed by atoms with Gasteiger partial charge in [-0.3, -0.25) is 10.1 Å². The van der Waals surface area contributed by atoms with Gasteiger partial charge in [0.05, 0.1) is 18.9 Å². The van der Waals surface area contributed by atoms with Gasteiger partial charge < -0.3 is 9.47 Å². The van der Waals surface area contributed by atoms with Crippen molar-refractivity contribution in [3.63, 3.8) is 0 Å². The lowest BCUT2D eigenvalue weighted by atomic mass is 10.1. The number of carbonyl (C=O) groups is 1. The minimum Gasteiger partial charge on any atom is -0.490 e. The number of aryl methyl sites for hydroxylation is 1. The number of ether oxygens (including phenoxy) is 2. The summed E-state index contributed by atoms with van der Waals surface area (Å²) in [4.78, 5) is 18.1. The van der Waals surface area contributed by atoms with E-state index in [1.165, 1.54) is 17.4 Å². The van der Waals surface area contributed by atoms with Crippen LogP contribution in [0.5, 0.6) is 11.5 Å². The number of amides is 1. The van der Waals surface area contributed by atoms with Gasteiger partial charge in [0, 0.05) is 21.0 Å². The maximum atomic E-state index is 12.4. The molecule has 2 aromatic carbocycles. The van der Waals surface area contributed by atoms with Gasteiger partial charge >= 0.3 is 0 Å². The van der Waals surface area contributed by atoms with Crippen molar-refractivity contribution >= 4 is 44.4 Å². The van der Waals surface area contributed by atoms with Crippen molar-refractivity contribution in [1.82, 2.24) is 4.98 Å². The number of unbranched alkanes of at least 4 members (excludes halogenated alkanes) is 1. The Balaban J connectivity index is 1.67. The van der Waals surface area contributed by atoms with Crippen LogP contribution in [0.25, 0.3) is 17.3 Å². The lowest BCUT2D eigenvalue weighted by Gasteiger charge is -2.12. The molecule has 0 bridgehead atoms. The average molecular weight is 515 g/mol. The van der Waals surface area contributed by atoms with E-state index in [4.69, 9.17) is 9.47 Å². The lowest BCUT2D eigenvalue weighted by Crippen LogP contribution is -2.07. The zero-order valence-corrected chi connectivity index (χ0v) is 20.9. The molecule has 0 atom stereocenters. The highest BCUT2D eigenvalue weighted by Gasteiger charge is 2.11. The van der Waals surface area contributed by atoms with E-state index < -0.39 is 0 Å². The summed E-state index contributed by atoms with van der Waals surface area (Å²) in [5.74, 6) is 1.17. The van der Waals surface area contributed by atoms with Gasteiger partial charge in [-0.15, -0.1) is 11.3 Å². The summed E-state index contributed by atoms with van der Waals surface area (Å²) in [6.45, 7) is 7.26. The molecule has 32 heavy (non-hydrogen) atoms. The second kappa shape index (κ2) is 11.8. The minimum absolute atomic E-state index is 0.234. The molecule has 0 saturated heterocycles. The zero-order chi connectivity index (χ0) is 22.9. The fourth-order valence-electron chi connectivity index (χ4n) is 2.99. The lowest BCUT2D eigenvalue weighted by molar-refractivity contribution is -0.111. The van der Waals surface area contributed by atoms with Gasteiger partial charge in [-0.1, -0.05) is 47.5 Å². The summed E-state index contributed by atoms with van der Waals surface area (Å²) >= 11 is 4.90. The molecular formula is C25H27BrN2O3S. The van der Waals surface area contributed by atoms with E-state index in [1.807, 2.05) is 56.3 Å². The number of benzene rings is 2. The number of carbonyl (C=O) groups excluding carboxylic acids is 1. The van der Waals surface area contributed by atoms with Crippen LogP contribution in [0.2, 0.25) is 0 Å². The predicted octanol–water partition coefficient (Wildman–Crippen LogP) is 7.11. The Morgan fingerprint density at radius 1 is 1.12 bits per heavy atom. The van der Waals surface area contributed by atoms with E-state index in [0.717, 1.165) is 44.8 Å². The molecule has 7 heteroatoms. The Labute approximate surface area is 201 Å². The molecule has 0 aliphatic heterocycles. The summed E-state index contributed by atoms with van der Waals surface area (Å²) < 4.78 is 12.5. The Hall–Kier alpha value is -2.64. The van der Waals surface area contributed by atoms with Crippen molar-refractivity contribution in [2.24, 2.45) is 0 Å². The largest absolute Gasteiger partial charge is 0.490 e. The van der Waals surface area contributed by atoms with Gasteiger partial charge in [-0.25, -0.2) is 4.98 Å². The molecule has 3 aromatic rings. The smallest absolute Gasteiger partial charge is 0.250 e. The normalized spacial score (nSPS) is 11.0. The molecule has 1 aromatic heterocycles. The highest BCUT2D eigenvalue weighted by molar-refractivity contribution is 9.10. The molecule has 0 aliphatic carbocycles. The number of anilines is 1. The molecule has 1 N–H and O–H groups in total. The first-order chi connectivity index (χ1) is 15.5. The second-order valence-electron chi connectivity index (χ2n) is 7.09. The van der Waals surface area contributed by atoms with Crippen LogP contribution in [-0.4, -0.2) is 24.1 Å². The molecule has 3 rings (SSSR count). The molecule has 0 spiro atoms. The van der Waals surface area contributed by atoms with Crippen molar-refractivity contribution in [1.29, 1.82) is 0 Å². The monoisotopic (exact) mass is 514 g/mol. The van der Waals surface area contributed by atoms with Gasteiger partial charge in [0.1, 0.15) is 0 Å². The molecule has 0 aliphatic rings. The van der Waals surface area contributed by atoms with Gasteiger partial charge in [0.2, 0.25) is 5.91 Å². The van der Waals surface area contributed by atoms with Crippen molar-refractivity contribution < 1.29 is 14.3 Å². The number of rotatable bonds is 10. The Bertz CT molecular complexity index is 1080. The van der Waals surface area contributed by atoms with Gasteiger partial charge in [-0.05, 0) is 56.2 Å². The second-order valence-corrected chi connectivity index (χ2v) is 9.21. The van der Waals surface area contributed by atoms with E-state index in [-0.39, 0.29) is 5.91 Å². The number of nitrogens with zero attached hydrogens (tertiary/aromatic N) is 1.